The van der Waals surface area contributed by atoms with Crippen molar-refractivity contribution in [1.82, 2.24) is 15.3 Å². The molecule has 0 atom stereocenters. The third-order valence-electron chi connectivity index (χ3n) is 4.08. The zero-order valence-corrected chi connectivity index (χ0v) is 13.3. The quantitative estimate of drug-likeness (QED) is 0.724. The summed E-state index contributed by atoms with van der Waals surface area (Å²) in [7, 11) is 0. The minimum Gasteiger partial charge on any atom is -0.361 e. The Morgan fingerprint density at radius 1 is 1.35 bits per heavy atom. The highest BCUT2D eigenvalue weighted by molar-refractivity contribution is 7.13. The van der Waals surface area contributed by atoms with Gasteiger partial charge in [0.25, 0.3) is 0 Å². The van der Waals surface area contributed by atoms with Crippen LogP contribution >= 0.6 is 11.3 Å². The Labute approximate surface area is 137 Å². The molecule has 1 amide bonds. The number of benzene rings is 1. The van der Waals surface area contributed by atoms with Crippen molar-refractivity contribution in [3.8, 4) is 0 Å². The monoisotopic (exact) mass is 324 g/mol. The maximum absolute atomic E-state index is 11.5. The highest BCUT2D eigenvalue weighted by Gasteiger charge is 2.15. The third kappa shape index (κ3) is 2.56. The summed E-state index contributed by atoms with van der Waals surface area (Å²) in [5, 5.41) is 7.02. The van der Waals surface area contributed by atoms with Gasteiger partial charge >= 0.3 is 0 Å². The van der Waals surface area contributed by atoms with E-state index in [0.717, 1.165) is 42.5 Å². The molecule has 0 bridgehead atoms. The summed E-state index contributed by atoms with van der Waals surface area (Å²) >= 11 is 1.45. The number of fused-ring (bicyclic) bond motifs is 1. The number of nitrogens with zero attached hydrogens (tertiary/aromatic N) is 2. The average Bonchev–Trinajstić information content (AvgIpc) is 3.26. The summed E-state index contributed by atoms with van der Waals surface area (Å²) in [6, 6.07) is 6.01. The SMILES string of the molecule is O=CN(c1ccc2[nH]cc(C3=CCNCC3)c2c1)c1nccs1. The van der Waals surface area contributed by atoms with Gasteiger partial charge < -0.3 is 10.3 Å². The number of carbonyl (C=O) groups is 1. The first-order chi connectivity index (χ1) is 11.4. The molecule has 1 aliphatic heterocycles. The van der Waals surface area contributed by atoms with Gasteiger partial charge in [0.2, 0.25) is 6.41 Å². The maximum Gasteiger partial charge on any atom is 0.220 e. The lowest BCUT2D eigenvalue weighted by atomic mass is 9.99. The molecule has 4 rings (SSSR count). The zero-order valence-electron chi connectivity index (χ0n) is 12.5. The van der Waals surface area contributed by atoms with E-state index < -0.39 is 0 Å². The molecule has 0 saturated carbocycles. The number of nitrogens with one attached hydrogen (secondary N) is 2. The largest absolute Gasteiger partial charge is 0.361 e. The smallest absolute Gasteiger partial charge is 0.220 e. The summed E-state index contributed by atoms with van der Waals surface area (Å²) in [5.41, 5.74) is 4.47. The van der Waals surface area contributed by atoms with E-state index in [4.69, 9.17) is 0 Å². The van der Waals surface area contributed by atoms with E-state index in [-0.39, 0.29) is 0 Å². The van der Waals surface area contributed by atoms with Crippen molar-refractivity contribution in [3.05, 3.63) is 47.6 Å². The number of rotatable bonds is 4. The molecule has 0 aliphatic carbocycles. The van der Waals surface area contributed by atoms with E-state index >= 15 is 0 Å². The number of aromatic nitrogens is 2. The summed E-state index contributed by atoms with van der Waals surface area (Å²) in [6.45, 7) is 1.90. The highest BCUT2D eigenvalue weighted by atomic mass is 32.1. The summed E-state index contributed by atoms with van der Waals surface area (Å²) in [6.07, 6.45) is 7.82. The van der Waals surface area contributed by atoms with Gasteiger partial charge in [0.1, 0.15) is 0 Å². The second-order valence-electron chi connectivity index (χ2n) is 5.41. The number of aromatic amines is 1. The molecule has 0 radical (unpaired) electrons. The second-order valence-corrected chi connectivity index (χ2v) is 6.28. The first-order valence-electron chi connectivity index (χ1n) is 7.52. The number of hydrogen-bond donors (Lipinski definition) is 2. The Bertz CT molecular complexity index is 866. The van der Waals surface area contributed by atoms with Gasteiger partial charge in [0.15, 0.2) is 5.13 Å². The van der Waals surface area contributed by atoms with E-state index in [1.54, 1.807) is 11.1 Å². The number of hydrogen-bond acceptors (Lipinski definition) is 4. The van der Waals surface area contributed by atoms with Gasteiger partial charge in [-0.25, -0.2) is 4.98 Å². The van der Waals surface area contributed by atoms with Crippen molar-refractivity contribution < 1.29 is 4.79 Å². The molecule has 5 nitrogen and oxygen atoms in total. The Balaban J connectivity index is 1.80. The number of carbonyl (C=O) groups excluding carboxylic acids is 1. The van der Waals surface area contributed by atoms with Crippen molar-refractivity contribution >= 4 is 45.0 Å². The maximum atomic E-state index is 11.5. The topological polar surface area (TPSA) is 61.0 Å². The van der Waals surface area contributed by atoms with Crippen LogP contribution in [0.5, 0.6) is 0 Å². The molecule has 0 saturated heterocycles. The lowest BCUT2D eigenvalue weighted by molar-refractivity contribution is -0.106. The van der Waals surface area contributed by atoms with Crippen LogP contribution in [-0.4, -0.2) is 29.5 Å². The van der Waals surface area contributed by atoms with Crippen LogP contribution in [0.25, 0.3) is 16.5 Å². The lowest BCUT2D eigenvalue weighted by Crippen LogP contribution is -2.19. The Morgan fingerprint density at radius 2 is 2.30 bits per heavy atom. The fraction of sp³-hybridized carbons (Fsp3) is 0.176. The molecule has 1 aliphatic rings. The second kappa shape index (κ2) is 5.98. The van der Waals surface area contributed by atoms with Gasteiger partial charge in [-0.1, -0.05) is 6.08 Å². The molecular weight excluding hydrogens is 308 g/mol. The third-order valence-corrected chi connectivity index (χ3v) is 4.85. The molecule has 23 heavy (non-hydrogen) atoms. The van der Waals surface area contributed by atoms with Crippen molar-refractivity contribution in [1.29, 1.82) is 0 Å². The molecular formula is C17H16N4OS. The summed E-state index contributed by atoms with van der Waals surface area (Å²) in [4.78, 5) is 20.7. The Morgan fingerprint density at radius 3 is 3.04 bits per heavy atom. The van der Waals surface area contributed by atoms with Crippen LogP contribution in [0, 0.1) is 0 Å². The van der Waals surface area contributed by atoms with E-state index in [0.29, 0.717) is 5.13 Å². The van der Waals surface area contributed by atoms with Crippen LogP contribution in [0.4, 0.5) is 10.8 Å². The van der Waals surface area contributed by atoms with Crippen molar-refractivity contribution in [2.75, 3.05) is 18.0 Å². The van der Waals surface area contributed by atoms with Crippen LogP contribution in [0.2, 0.25) is 0 Å². The molecule has 116 valence electrons. The predicted octanol–water partition coefficient (Wildman–Crippen LogP) is 3.30. The number of thiazole rings is 1. The van der Waals surface area contributed by atoms with Crippen LogP contribution < -0.4 is 10.2 Å². The molecule has 1 aromatic carbocycles. The van der Waals surface area contributed by atoms with Crippen molar-refractivity contribution in [2.45, 2.75) is 6.42 Å². The molecule has 3 heterocycles. The van der Waals surface area contributed by atoms with Gasteiger partial charge in [-0.3, -0.25) is 9.69 Å². The first-order valence-corrected chi connectivity index (χ1v) is 8.40. The first kappa shape index (κ1) is 14.2. The molecule has 2 aromatic heterocycles. The Kier molecular flexibility index (Phi) is 3.69. The Hall–Kier alpha value is -2.44. The van der Waals surface area contributed by atoms with Crippen LogP contribution in [0.15, 0.2) is 42.0 Å². The van der Waals surface area contributed by atoms with Crippen LogP contribution in [0.3, 0.4) is 0 Å². The molecule has 2 N–H and O–H groups in total. The lowest BCUT2D eigenvalue weighted by Gasteiger charge is -2.16. The zero-order chi connectivity index (χ0) is 15.6. The van der Waals surface area contributed by atoms with Gasteiger partial charge in [-0.15, -0.1) is 11.3 Å². The van der Waals surface area contributed by atoms with Crippen molar-refractivity contribution in [2.24, 2.45) is 0 Å². The number of H-pyrrole nitrogens is 1. The molecule has 0 unspecified atom stereocenters. The van der Waals surface area contributed by atoms with Gasteiger partial charge in [-0.05, 0) is 36.7 Å². The molecule has 0 spiro atoms. The van der Waals surface area contributed by atoms with Crippen LogP contribution in [-0.2, 0) is 4.79 Å². The van der Waals surface area contributed by atoms with E-state index in [9.17, 15) is 4.79 Å². The standard InChI is InChI=1S/C17H16N4OS/c22-11-21(17-19-7-8-23-17)13-1-2-16-14(9-13)15(10-20-16)12-3-5-18-6-4-12/h1-3,7-11,18,20H,4-6H2. The molecule has 3 aromatic rings. The van der Waals surface area contributed by atoms with E-state index in [2.05, 4.69) is 33.6 Å². The average molecular weight is 324 g/mol. The van der Waals surface area contributed by atoms with Crippen LogP contribution in [0.1, 0.15) is 12.0 Å². The minimum absolute atomic E-state index is 0.678. The molecule has 0 fully saturated rings. The fourth-order valence-electron chi connectivity index (χ4n) is 2.94. The van der Waals surface area contributed by atoms with Gasteiger partial charge in [0.05, 0.1) is 5.69 Å². The summed E-state index contributed by atoms with van der Waals surface area (Å²) < 4.78 is 0. The highest BCUT2D eigenvalue weighted by Crippen LogP contribution is 2.33. The molecule has 6 heteroatoms. The predicted molar refractivity (Wildman–Crippen MR) is 94.1 cm³/mol. The fourth-order valence-corrected chi connectivity index (χ4v) is 3.57. The minimum atomic E-state index is 0.678. The normalized spacial score (nSPS) is 14.7. The number of amides is 1. The number of anilines is 2. The van der Waals surface area contributed by atoms with Crippen molar-refractivity contribution in [3.63, 3.8) is 0 Å². The van der Waals surface area contributed by atoms with Gasteiger partial charge in [0, 0.05) is 40.8 Å². The van der Waals surface area contributed by atoms with E-state index in [1.807, 2.05) is 17.5 Å². The summed E-state index contributed by atoms with van der Waals surface area (Å²) in [5.74, 6) is 0. The van der Waals surface area contributed by atoms with Gasteiger partial charge in [-0.2, -0.15) is 0 Å². The van der Waals surface area contributed by atoms with E-state index in [1.165, 1.54) is 22.5 Å².